The van der Waals surface area contributed by atoms with Crippen LogP contribution in [0.1, 0.15) is 43.0 Å². The van der Waals surface area contributed by atoms with Gasteiger partial charge in [0.1, 0.15) is 0 Å². The summed E-state index contributed by atoms with van der Waals surface area (Å²) in [6.45, 7) is 1.61. The second-order valence-corrected chi connectivity index (χ2v) is 8.06. The molecule has 1 aliphatic carbocycles. The van der Waals surface area contributed by atoms with E-state index in [1.807, 2.05) is 11.9 Å². The van der Waals surface area contributed by atoms with Gasteiger partial charge >= 0.3 is 0 Å². The third-order valence-electron chi connectivity index (χ3n) is 4.45. The molecule has 0 atom stereocenters. The van der Waals surface area contributed by atoms with Crippen LogP contribution in [-0.4, -0.2) is 45.1 Å². The third kappa shape index (κ3) is 3.43. The largest absolute Gasteiger partial charge is 0.339 e. The Morgan fingerprint density at radius 1 is 1.14 bits per heavy atom. The Morgan fingerprint density at radius 2 is 1.68 bits per heavy atom. The standard InChI is InChI=1S/C16H24N2O3S/c1-4-22(20,21)18(3)15-11-9-13(10-12-15)16(19)17(2)14-7-5-6-8-14/h9-12,14H,4-8H2,1-3H3. The van der Waals surface area contributed by atoms with Crippen LogP contribution in [0.25, 0.3) is 0 Å². The monoisotopic (exact) mass is 324 g/mol. The van der Waals surface area contributed by atoms with Gasteiger partial charge in [0.2, 0.25) is 10.0 Å². The summed E-state index contributed by atoms with van der Waals surface area (Å²) in [4.78, 5) is 14.3. The first-order valence-corrected chi connectivity index (χ1v) is 9.31. The molecule has 0 unspecified atom stereocenters. The molecule has 1 aromatic carbocycles. The van der Waals surface area contributed by atoms with Crippen molar-refractivity contribution in [2.75, 3.05) is 24.2 Å². The lowest BCUT2D eigenvalue weighted by molar-refractivity contribution is 0.0735. The van der Waals surface area contributed by atoms with E-state index in [9.17, 15) is 13.2 Å². The van der Waals surface area contributed by atoms with Gasteiger partial charge in [0.25, 0.3) is 5.91 Å². The summed E-state index contributed by atoms with van der Waals surface area (Å²) in [6.07, 6.45) is 4.50. The number of rotatable bonds is 5. The minimum absolute atomic E-state index is 0.000508. The predicted molar refractivity (Wildman–Crippen MR) is 88.7 cm³/mol. The molecule has 1 fully saturated rings. The van der Waals surface area contributed by atoms with Gasteiger partial charge in [-0.2, -0.15) is 0 Å². The van der Waals surface area contributed by atoms with Crippen LogP contribution in [0.5, 0.6) is 0 Å². The van der Waals surface area contributed by atoms with Crippen molar-refractivity contribution in [3.05, 3.63) is 29.8 Å². The molecule has 122 valence electrons. The first-order valence-electron chi connectivity index (χ1n) is 7.70. The molecule has 1 aliphatic rings. The second-order valence-electron chi connectivity index (χ2n) is 5.77. The van der Waals surface area contributed by atoms with Crippen molar-refractivity contribution in [3.63, 3.8) is 0 Å². The van der Waals surface area contributed by atoms with Crippen molar-refractivity contribution in [2.24, 2.45) is 0 Å². The topological polar surface area (TPSA) is 57.7 Å². The Labute approximate surface area is 133 Å². The van der Waals surface area contributed by atoms with Crippen LogP contribution in [0.3, 0.4) is 0 Å². The summed E-state index contributed by atoms with van der Waals surface area (Å²) < 4.78 is 25.0. The molecule has 2 rings (SSSR count). The molecule has 0 aliphatic heterocycles. The maximum Gasteiger partial charge on any atom is 0.253 e. The number of carbonyl (C=O) groups is 1. The SMILES string of the molecule is CCS(=O)(=O)N(C)c1ccc(C(=O)N(C)C2CCCC2)cc1. The molecule has 0 saturated heterocycles. The first-order chi connectivity index (χ1) is 10.4. The van der Waals surface area contributed by atoms with Crippen LogP contribution < -0.4 is 4.31 Å². The summed E-state index contributed by atoms with van der Waals surface area (Å²) in [7, 11) is 0.0994. The molecule has 1 saturated carbocycles. The van der Waals surface area contributed by atoms with Gasteiger partial charge in [-0.25, -0.2) is 8.42 Å². The summed E-state index contributed by atoms with van der Waals surface area (Å²) in [5.74, 6) is 0.0497. The second kappa shape index (κ2) is 6.69. The van der Waals surface area contributed by atoms with E-state index in [1.165, 1.54) is 24.2 Å². The lowest BCUT2D eigenvalue weighted by Gasteiger charge is -2.25. The van der Waals surface area contributed by atoms with E-state index >= 15 is 0 Å². The Kier molecular flexibility index (Phi) is 5.11. The first kappa shape index (κ1) is 16.8. The molecular formula is C16H24N2O3S. The van der Waals surface area contributed by atoms with Crippen molar-refractivity contribution in [2.45, 2.75) is 38.6 Å². The molecule has 0 aromatic heterocycles. The molecule has 0 heterocycles. The number of nitrogens with zero attached hydrogens (tertiary/aromatic N) is 2. The number of hydrogen-bond donors (Lipinski definition) is 0. The number of carbonyl (C=O) groups excluding carboxylic acids is 1. The molecule has 0 spiro atoms. The summed E-state index contributed by atoms with van der Waals surface area (Å²) in [6, 6.07) is 7.09. The molecule has 5 nitrogen and oxygen atoms in total. The fourth-order valence-electron chi connectivity index (χ4n) is 2.83. The summed E-state index contributed by atoms with van der Waals surface area (Å²) >= 11 is 0. The van der Waals surface area contributed by atoms with Crippen LogP contribution in [0.15, 0.2) is 24.3 Å². The van der Waals surface area contributed by atoms with Crippen LogP contribution in [0.4, 0.5) is 5.69 Å². The minimum atomic E-state index is -3.28. The van der Waals surface area contributed by atoms with Gasteiger partial charge in [-0.1, -0.05) is 12.8 Å². The maximum atomic E-state index is 12.5. The Morgan fingerprint density at radius 3 is 2.18 bits per heavy atom. The summed E-state index contributed by atoms with van der Waals surface area (Å²) in [5, 5.41) is 0. The van der Waals surface area contributed by atoms with Gasteiger partial charge in [-0.3, -0.25) is 9.10 Å². The van der Waals surface area contributed by atoms with Crippen molar-refractivity contribution < 1.29 is 13.2 Å². The quantitative estimate of drug-likeness (QED) is 0.836. The zero-order valence-electron chi connectivity index (χ0n) is 13.4. The average molecular weight is 324 g/mol. The van der Waals surface area contributed by atoms with Gasteiger partial charge in [-0.15, -0.1) is 0 Å². The molecule has 0 radical (unpaired) electrons. The third-order valence-corrected chi connectivity index (χ3v) is 6.23. The molecule has 1 aromatic rings. The van der Waals surface area contributed by atoms with E-state index in [0.29, 0.717) is 17.3 Å². The normalized spacial score (nSPS) is 15.8. The van der Waals surface area contributed by atoms with Crippen molar-refractivity contribution in [3.8, 4) is 0 Å². The smallest absolute Gasteiger partial charge is 0.253 e. The van der Waals surface area contributed by atoms with E-state index < -0.39 is 10.0 Å². The van der Waals surface area contributed by atoms with Crippen molar-refractivity contribution in [1.82, 2.24) is 4.90 Å². The molecular weight excluding hydrogens is 300 g/mol. The molecule has 0 bridgehead atoms. The number of sulfonamides is 1. The fraction of sp³-hybridized carbons (Fsp3) is 0.562. The van der Waals surface area contributed by atoms with Gasteiger partial charge in [-0.05, 0) is 44.0 Å². The van der Waals surface area contributed by atoms with Crippen molar-refractivity contribution in [1.29, 1.82) is 0 Å². The van der Waals surface area contributed by atoms with Gasteiger partial charge in [0.15, 0.2) is 0 Å². The highest BCUT2D eigenvalue weighted by atomic mass is 32.2. The van der Waals surface area contributed by atoms with Crippen LogP contribution >= 0.6 is 0 Å². The number of amides is 1. The Bertz CT molecular complexity index is 619. The Hall–Kier alpha value is -1.56. The van der Waals surface area contributed by atoms with Gasteiger partial charge < -0.3 is 4.90 Å². The van der Waals surface area contributed by atoms with Crippen LogP contribution in [0.2, 0.25) is 0 Å². The van der Waals surface area contributed by atoms with Crippen LogP contribution in [0, 0.1) is 0 Å². The summed E-state index contributed by atoms with van der Waals surface area (Å²) in [5.41, 5.74) is 1.17. The molecule has 0 N–H and O–H groups in total. The van der Waals surface area contributed by atoms with Crippen LogP contribution in [-0.2, 0) is 10.0 Å². The lowest BCUT2D eigenvalue weighted by atomic mass is 10.1. The average Bonchev–Trinajstić information content (AvgIpc) is 3.07. The zero-order chi connectivity index (χ0) is 16.3. The van der Waals surface area contributed by atoms with Gasteiger partial charge in [0, 0.05) is 25.7 Å². The van der Waals surface area contributed by atoms with E-state index in [2.05, 4.69) is 0 Å². The number of anilines is 1. The number of hydrogen-bond acceptors (Lipinski definition) is 3. The maximum absolute atomic E-state index is 12.5. The minimum Gasteiger partial charge on any atom is -0.339 e. The van der Waals surface area contributed by atoms with Gasteiger partial charge in [0.05, 0.1) is 11.4 Å². The van der Waals surface area contributed by atoms with E-state index in [-0.39, 0.29) is 11.7 Å². The van der Waals surface area contributed by atoms with E-state index in [4.69, 9.17) is 0 Å². The number of benzene rings is 1. The highest BCUT2D eigenvalue weighted by Crippen LogP contribution is 2.24. The van der Waals surface area contributed by atoms with E-state index in [1.54, 1.807) is 31.2 Å². The zero-order valence-corrected chi connectivity index (χ0v) is 14.3. The van der Waals surface area contributed by atoms with E-state index in [0.717, 1.165) is 12.8 Å². The Balaban J connectivity index is 2.13. The highest BCUT2D eigenvalue weighted by Gasteiger charge is 2.24. The molecule has 6 heteroatoms. The lowest BCUT2D eigenvalue weighted by Crippen LogP contribution is -2.35. The predicted octanol–water partition coefficient (Wildman–Crippen LogP) is 2.49. The molecule has 22 heavy (non-hydrogen) atoms. The molecule has 1 amide bonds. The van der Waals surface area contributed by atoms with Crippen molar-refractivity contribution >= 4 is 21.6 Å². The highest BCUT2D eigenvalue weighted by molar-refractivity contribution is 7.92. The fourth-order valence-corrected chi connectivity index (χ4v) is 3.66.